The predicted octanol–water partition coefficient (Wildman–Crippen LogP) is 3.60. The number of para-hydroxylation sites is 2. The van der Waals surface area contributed by atoms with E-state index in [2.05, 4.69) is 0 Å². The maximum absolute atomic E-state index is 13.5. The highest BCUT2D eigenvalue weighted by Gasteiger charge is 2.09. The van der Waals surface area contributed by atoms with Crippen molar-refractivity contribution in [3.8, 4) is 17.2 Å². The van der Waals surface area contributed by atoms with Gasteiger partial charge in [0.25, 0.3) is 0 Å². The van der Waals surface area contributed by atoms with Crippen LogP contribution in [0, 0.1) is 5.82 Å². The van der Waals surface area contributed by atoms with Gasteiger partial charge in [-0.3, -0.25) is 0 Å². The number of nitrogens with two attached hydrogens (primary N) is 1. The number of nitrogen functional groups attached to an aromatic ring is 1. The summed E-state index contributed by atoms with van der Waals surface area (Å²) in [7, 11) is 0. The lowest BCUT2D eigenvalue weighted by molar-refractivity contribution is 0.340. The van der Waals surface area contributed by atoms with Crippen molar-refractivity contribution >= 4 is 5.69 Å². The smallest absolute Gasteiger partial charge is 0.165 e. The van der Waals surface area contributed by atoms with Gasteiger partial charge in [0.2, 0.25) is 0 Å². The number of benzene rings is 2. The molecule has 0 aliphatic heterocycles. The number of ether oxygens (including phenoxy) is 2. The molecular weight excluding hydrogens is 233 g/mol. The first kappa shape index (κ1) is 12.2. The van der Waals surface area contributed by atoms with E-state index in [1.54, 1.807) is 36.4 Å². The molecule has 3 nitrogen and oxygen atoms in total. The first-order chi connectivity index (χ1) is 8.72. The Labute approximate surface area is 105 Å². The van der Waals surface area contributed by atoms with Crippen molar-refractivity contribution in [1.82, 2.24) is 0 Å². The Bertz CT molecular complexity index is 543. The zero-order chi connectivity index (χ0) is 13.0. The van der Waals surface area contributed by atoms with E-state index in [9.17, 15) is 4.39 Å². The van der Waals surface area contributed by atoms with Gasteiger partial charge in [-0.05, 0) is 31.2 Å². The van der Waals surface area contributed by atoms with Crippen LogP contribution in [0.15, 0.2) is 42.5 Å². The molecule has 0 aliphatic rings. The number of halogens is 1. The van der Waals surface area contributed by atoms with E-state index >= 15 is 0 Å². The second-order valence-corrected chi connectivity index (χ2v) is 3.63. The third-order valence-electron chi connectivity index (χ3n) is 2.38. The summed E-state index contributed by atoms with van der Waals surface area (Å²) in [6.45, 7) is 2.37. The summed E-state index contributed by atoms with van der Waals surface area (Å²) < 4.78 is 24.3. The lowest BCUT2D eigenvalue weighted by Gasteiger charge is -2.12. The SMILES string of the molecule is CCOc1cccc(Oc2ccccc2F)c1N. The summed E-state index contributed by atoms with van der Waals surface area (Å²) in [4.78, 5) is 0. The summed E-state index contributed by atoms with van der Waals surface area (Å²) in [5.41, 5.74) is 6.26. The Morgan fingerprint density at radius 2 is 1.67 bits per heavy atom. The van der Waals surface area contributed by atoms with E-state index in [-0.39, 0.29) is 5.75 Å². The molecule has 4 heteroatoms. The van der Waals surface area contributed by atoms with Crippen molar-refractivity contribution in [1.29, 1.82) is 0 Å². The van der Waals surface area contributed by atoms with Gasteiger partial charge < -0.3 is 15.2 Å². The Hall–Kier alpha value is -2.23. The fraction of sp³-hybridized carbons (Fsp3) is 0.143. The maximum atomic E-state index is 13.5. The number of hydrogen-bond donors (Lipinski definition) is 1. The average Bonchev–Trinajstić information content (AvgIpc) is 2.37. The number of rotatable bonds is 4. The van der Waals surface area contributed by atoms with E-state index < -0.39 is 5.82 Å². The van der Waals surface area contributed by atoms with Crippen molar-refractivity contribution in [2.24, 2.45) is 0 Å². The molecule has 0 amide bonds. The van der Waals surface area contributed by atoms with E-state index in [1.807, 2.05) is 6.92 Å². The highest BCUT2D eigenvalue weighted by molar-refractivity contribution is 5.63. The van der Waals surface area contributed by atoms with Crippen LogP contribution in [0.1, 0.15) is 6.92 Å². The van der Waals surface area contributed by atoms with Gasteiger partial charge in [-0.25, -0.2) is 4.39 Å². The van der Waals surface area contributed by atoms with Gasteiger partial charge in [-0.1, -0.05) is 18.2 Å². The molecular formula is C14H14FNO2. The summed E-state index contributed by atoms with van der Waals surface area (Å²) in [6.07, 6.45) is 0. The van der Waals surface area contributed by atoms with Crippen LogP contribution in [0.2, 0.25) is 0 Å². The van der Waals surface area contributed by atoms with Crippen molar-refractivity contribution in [3.63, 3.8) is 0 Å². The van der Waals surface area contributed by atoms with Crippen molar-refractivity contribution in [2.75, 3.05) is 12.3 Å². The molecule has 2 aromatic carbocycles. The molecule has 0 aromatic heterocycles. The van der Waals surface area contributed by atoms with Gasteiger partial charge in [-0.15, -0.1) is 0 Å². The second-order valence-electron chi connectivity index (χ2n) is 3.63. The molecule has 2 rings (SSSR count). The lowest BCUT2D eigenvalue weighted by Crippen LogP contribution is -1.99. The molecule has 94 valence electrons. The topological polar surface area (TPSA) is 44.5 Å². The summed E-state index contributed by atoms with van der Waals surface area (Å²) in [5, 5.41) is 0. The number of hydrogen-bond acceptors (Lipinski definition) is 3. The predicted molar refractivity (Wildman–Crippen MR) is 68.5 cm³/mol. The minimum Gasteiger partial charge on any atom is -0.492 e. The van der Waals surface area contributed by atoms with Crippen LogP contribution in [-0.4, -0.2) is 6.61 Å². The highest BCUT2D eigenvalue weighted by atomic mass is 19.1. The third-order valence-corrected chi connectivity index (χ3v) is 2.38. The van der Waals surface area contributed by atoms with Gasteiger partial charge in [0.05, 0.1) is 6.61 Å². The minimum absolute atomic E-state index is 0.137. The Morgan fingerprint density at radius 3 is 2.39 bits per heavy atom. The molecule has 0 unspecified atom stereocenters. The van der Waals surface area contributed by atoms with E-state index in [0.29, 0.717) is 23.8 Å². The highest BCUT2D eigenvalue weighted by Crippen LogP contribution is 2.35. The summed E-state index contributed by atoms with van der Waals surface area (Å²) in [5.74, 6) is 0.619. The Kier molecular flexibility index (Phi) is 3.67. The average molecular weight is 247 g/mol. The van der Waals surface area contributed by atoms with Crippen LogP contribution in [-0.2, 0) is 0 Å². The van der Waals surface area contributed by atoms with E-state index in [4.69, 9.17) is 15.2 Å². The largest absolute Gasteiger partial charge is 0.492 e. The third kappa shape index (κ3) is 2.53. The van der Waals surface area contributed by atoms with Crippen LogP contribution in [0.4, 0.5) is 10.1 Å². The minimum atomic E-state index is -0.432. The molecule has 0 bridgehead atoms. The fourth-order valence-corrected chi connectivity index (χ4v) is 1.54. The molecule has 0 heterocycles. The van der Waals surface area contributed by atoms with Gasteiger partial charge in [0, 0.05) is 0 Å². The fourth-order valence-electron chi connectivity index (χ4n) is 1.54. The Balaban J connectivity index is 2.30. The van der Waals surface area contributed by atoms with Gasteiger partial charge in [0.15, 0.2) is 17.3 Å². The monoisotopic (exact) mass is 247 g/mol. The molecule has 0 spiro atoms. The van der Waals surface area contributed by atoms with E-state index in [0.717, 1.165) is 0 Å². The number of anilines is 1. The maximum Gasteiger partial charge on any atom is 0.165 e. The molecule has 0 fully saturated rings. The van der Waals surface area contributed by atoms with Gasteiger partial charge >= 0.3 is 0 Å². The van der Waals surface area contributed by atoms with Crippen LogP contribution in [0.5, 0.6) is 17.2 Å². The van der Waals surface area contributed by atoms with Crippen LogP contribution in [0.25, 0.3) is 0 Å². The molecule has 2 N–H and O–H groups in total. The van der Waals surface area contributed by atoms with Crippen molar-refractivity contribution < 1.29 is 13.9 Å². The zero-order valence-electron chi connectivity index (χ0n) is 10.0. The standard InChI is InChI=1S/C14H14FNO2/c1-2-17-12-8-5-9-13(14(12)16)18-11-7-4-3-6-10(11)15/h3-9H,2,16H2,1H3. The molecule has 18 heavy (non-hydrogen) atoms. The van der Waals surface area contributed by atoms with Crippen LogP contribution >= 0.6 is 0 Å². The molecule has 0 radical (unpaired) electrons. The quantitative estimate of drug-likeness (QED) is 0.839. The first-order valence-electron chi connectivity index (χ1n) is 5.66. The molecule has 0 aliphatic carbocycles. The molecule has 0 saturated heterocycles. The van der Waals surface area contributed by atoms with Crippen molar-refractivity contribution in [2.45, 2.75) is 6.92 Å². The molecule has 0 atom stereocenters. The summed E-state index contributed by atoms with van der Waals surface area (Å²) >= 11 is 0. The van der Waals surface area contributed by atoms with Crippen molar-refractivity contribution in [3.05, 3.63) is 48.3 Å². The Morgan fingerprint density at radius 1 is 1.00 bits per heavy atom. The normalized spacial score (nSPS) is 10.1. The van der Waals surface area contributed by atoms with Crippen LogP contribution < -0.4 is 15.2 Å². The molecule has 2 aromatic rings. The first-order valence-corrected chi connectivity index (χ1v) is 5.66. The van der Waals surface area contributed by atoms with Crippen LogP contribution in [0.3, 0.4) is 0 Å². The van der Waals surface area contributed by atoms with Gasteiger partial charge in [0.1, 0.15) is 11.4 Å². The second kappa shape index (κ2) is 5.40. The zero-order valence-corrected chi connectivity index (χ0v) is 10.0. The lowest BCUT2D eigenvalue weighted by atomic mass is 10.2. The van der Waals surface area contributed by atoms with Gasteiger partial charge in [-0.2, -0.15) is 0 Å². The van der Waals surface area contributed by atoms with E-state index in [1.165, 1.54) is 6.07 Å². The summed E-state index contributed by atoms with van der Waals surface area (Å²) in [6, 6.07) is 11.3. The molecule has 0 saturated carbocycles.